The quantitative estimate of drug-likeness (QED) is 0.627. The molecule has 1 aromatic heterocycles. The number of rotatable bonds is 7. The molecule has 1 heterocycles. The molecule has 29 heavy (non-hydrogen) atoms. The summed E-state index contributed by atoms with van der Waals surface area (Å²) in [6.07, 6.45) is 0. The van der Waals surface area contributed by atoms with Crippen LogP contribution < -0.4 is 10.6 Å². The number of halogens is 1. The van der Waals surface area contributed by atoms with Gasteiger partial charge < -0.3 is 10.6 Å². The van der Waals surface area contributed by atoms with E-state index in [-0.39, 0.29) is 18.4 Å². The minimum atomic E-state index is -0.320. The molecular weight excluding hydrogens is 388 g/mol. The summed E-state index contributed by atoms with van der Waals surface area (Å²) >= 11 is 5.81. The van der Waals surface area contributed by atoms with E-state index in [9.17, 15) is 9.59 Å². The topological polar surface area (TPSA) is 76.0 Å². The third kappa shape index (κ3) is 5.45. The Labute approximate surface area is 174 Å². The molecule has 0 atom stereocenters. The van der Waals surface area contributed by atoms with Crippen molar-refractivity contribution in [3.63, 3.8) is 0 Å². The molecule has 0 saturated heterocycles. The van der Waals surface area contributed by atoms with E-state index >= 15 is 0 Å². The van der Waals surface area contributed by atoms with E-state index in [1.165, 1.54) is 5.56 Å². The van der Waals surface area contributed by atoms with Gasteiger partial charge in [-0.15, -0.1) is 0 Å². The smallest absolute Gasteiger partial charge is 0.251 e. The number of aryl methyl sites for hydroxylation is 1. The van der Waals surface area contributed by atoms with Crippen molar-refractivity contribution < 1.29 is 9.59 Å². The van der Waals surface area contributed by atoms with Crippen LogP contribution in [0.3, 0.4) is 0 Å². The fourth-order valence-corrected chi connectivity index (χ4v) is 3.14. The average molecular weight is 411 g/mol. The molecular formula is C22H23ClN4O2. The molecule has 0 fully saturated rings. The van der Waals surface area contributed by atoms with Crippen LogP contribution in [0, 0.1) is 13.8 Å². The van der Waals surface area contributed by atoms with E-state index in [1.54, 1.807) is 24.3 Å². The predicted molar refractivity (Wildman–Crippen MR) is 113 cm³/mol. The molecule has 0 aliphatic carbocycles. The maximum Gasteiger partial charge on any atom is 0.251 e. The SMILES string of the molecule is Cc1nn(Cc2ccccc2)c(C)c1CNC(=O)CNC(=O)c1ccc(Cl)cc1. The zero-order chi connectivity index (χ0) is 20.8. The van der Waals surface area contributed by atoms with Crippen LogP contribution in [-0.2, 0) is 17.9 Å². The number of nitrogens with one attached hydrogen (secondary N) is 2. The first-order chi connectivity index (χ1) is 13.9. The van der Waals surface area contributed by atoms with E-state index in [0.29, 0.717) is 23.7 Å². The Morgan fingerprint density at radius 1 is 1.00 bits per heavy atom. The Balaban J connectivity index is 1.53. The number of hydrogen-bond donors (Lipinski definition) is 2. The van der Waals surface area contributed by atoms with Crippen molar-refractivity contribution in [2.75, 3.05) is 6.54 Å². The van der Waals surface area contributed by atoms with Crippen LogP contribution in [0.4, 0.5) is 0 Å². The van der Waals surface area contributed by atoms with Crippen molar-refractivity contribution >= 4 is 23.4 Å². The molecule has 2 amide bonds. The van der Waals surface area contributed by atoms with Crippen molar-refractivity contribution in [2.24, 2.45) is 0 Å². The predicted octanol–water partition coefficient (Wildman–Crippen LogP) is 3.25. The van der Waals surface area contributed by atoms with Gasteiger partial charge in [0, 0.05) is 28.4 Å². The van der Waals surface area contributed by atoms with Crippen molar-refractivity contribution in [3.05, 3.63) is 87.7 Å². The first-order valence-corrected chi connectivity index (χ1v) is 9.69. The molecule has 0 aliphatic rings. The number of nitrogens with zero attached hydrogens (tertiary/aromatic N) is 2. The average Bonchev–Trinajstić information content (AvgIpc) is 2.98. The van der Waals surface area contributed by atoms with Gasteiger partial charge in [-0.05, 0) is 43.7 Å². The molecule has 0 aliphatic heterocycles. The van der Waals surface area contributed by atoms with Crippen molar-refractivity contribution in [1.29, 1.82) is 0 Å². The number of carbonyl (C=O) groups is 2. The number of aromatic nitrogens is 2. The van der Waals surface area contributed by atoms with Gasteiger partial charge in [-0.25, -0.2) is 0 Å². The van der Waals surface area contributed by atoms with Gasteiger partial charge in [-0.2, -0.15) is 5.10 Å². The van der Waals surface area contributed by atoms with Crippen molar-refractivity contribution in [2.45, 2.75) is 26.9 Å². The summed E-state index contributed by atoms with van der Waals surface area (Å²) in [4.78, 5) is 24.2. The molecule has 3 aromatic rings. The summed E-state index contributed by atoms with van der Waals surface area (Å²) in [5.74, 6) is -0.582. The van der Waals surface area contributed by atoms with E-state index in [4.69, 9.17) is 11.6 Å². The van der Waals surface area contributed by atoms with Gasteiger partial charge in [0.2, 0.25) is 5.91 Å². The zero-order valence-electron chi connectivity index (χ0n) is 16.4. The summed E-state index contributed by atoms with van der Waals surface area (Å²) in [6, 6.07) is 16.6. The molecule has 0 radical (unpaired) electrons. The lowest BCUT2D eigenvalue weighted by molar-refractivity contribution is -0.120. The standard InChI is InChI=1S/C22H23ClN4O2/c1-15-20(16(2)27(26-15)14-17-6-4-3-5-7-17)12-24-21(28)13-25-22(29)18-8-10-19(23)11-9-18/h3-11H,12-14H2,1-2H3,(H,24,28)(H,25,29). The highest BCUT2D eigenvalue weighted by Crippen LogP contribution is 2.14. The van der Waals surface area contributed by atoms with Crippen LogP contribution in [0.1, 0.15) is 32.9 Å². The van der Waals surface area contributed by atoms with Gasteiger partial charge >= 0.3 is 0 Å². The van der Waals surface area contributed by atoms with Crippen molar-refractivity contribution in [1.82, 2.24) is 20.4 Å². The van der Waals surface area contributed by atoms with Crippen molar-refractivity contribution in [3.8, 4) is 0 Å². The molecule has 6 nitrogen and oxygen atoms in total. The number of hydrogen-bond acceptors (Lipinski definition) is 3. The lowest BCUT2D eigenvalue weighted by Crippen LogP contribution is -2.36. The maximum atomic E-state index is 12.2. The Morgan fingerprint density at radius 2 is 1.69 bits per heavy atom. The zero-order valence-corrected chi connectivity index (χ0v) is 17.2. The number of carbonyl (C=O) groups excluding carboxylic acids is 2. The molecule has 0 spiro atoms. The molecule has 0 unspecified atom stereocenters. The van der Waals surface area contributed by atoms with Gasteiger partial charge in [0.05, 0.1) is 18.8 Å². The van der Waals surface area contributed by atoms with Crippen LogP contribution >= 0.6 is 11.6 Å². The fraction of sp³-hybridized carbons (Fsp3) is 0.227. The summed E-state index contributed by atoms with van der Waals surface area (Å²) in [5.41, 5.74) is 4.49. The minimum Gasteiger partial charge on any atom is -0.350 e. The Morgan fingerprint density at radius 3 is 2.38 bits per heavy atom. The Bertz CT molecular complexity index is 998. The third-order valence-electron chi connectivity index (χ3n) is 4.68. The first-order valence-electron chi connectivity index (χ1n) is 9.31. The van der Waals surface area contributed by atoms with Gasteiger partial charge in [0.15, 0.2) is 0 Å². The highest BCUT2D eigenvalue weighted by atomic mass is 35.5. The fourth-order valence-electron chi connectivity index (χ4n) is 3.01. The molecule has 2 aromatic carbocycles. The molecule has 150 valence electrons. The summed E-state index contributed by atoms with van der Waals surface area (Å²) in [6.45, 7) is 4.86. The molecule has 3 rings (SSSR count). The van der Waals surface area contributed by atoms with Crippen LogP contribution in [0.5, 0.6) is 0 Å². The van der Waals surface area contributed by atoms with Crippen LogP contribution in [0.15, 0.2) is 54.6 Å². The Kier molecular flexibility index (Phi) is 6.67. The minimum absolute atomic E-state index is 0.0995. The highest BCUT2D eigenvalue weighted by molar-refractivity contribution is 6.30. The highest BCUT2D eigenvalue weighted by Gasteiger charge is 2.13. The molecule has 0 bridgehead atoms. The second kappa shape index (κ2) is 9.39. The van der Waals surface area contributed by atoms with Crippen LogP contribution in [0.25, 0.3) is 0 Å². The van der Waals surface area contributed by atoms with E-state index in [0.717, 1.165) is 17.0 Å². The molecule has 7 heteroatoms. The van der Waals surface area contributed by atoms with Gasteiger partial charge in [0.1, 0.15) is 0 Å². The van der Waals surface area contributed by atoms with E-state index < -0.39 is 0 Å². The summed E-state index contributed by atoms with van der Waals surface area (Å²) in [5, 5.41) is 10.6. The van der Waals surface area contributed by atoms with Crippen LogP contribution in [-0.4, -0.2) is 28.1 Å². The van der Waals surface area contributed by atoms with Gasteiger partial charge in [0.25, 0.3) is 5.91 Å². The number of amides is 2. The van der Waals surface area contributed by atoms with Gasteiger partial charge in [-0.3, -0.25) is 14.3 Å². The monoisotopic (exact) mass is 410 g/mol. The first kappa shape index (κ1) is 20.6. The van der Waals surface area contributed by atoms with Gasteiger partial charge in [-0.1, -0.05) is 41.9 Å². The van der Waals surface area contributed by atoms with E-state index in [2.05, 4.69) is 27.9 Å². The second-order valence-electron chi connectivity index (χ2n) is 6.76. The summed E-state index contributed by atoms with van der Waals surface area (Å²) in [7, 11) is 0. The van der Waals surface area contributed by atoms with Crippen LogP contribution in [0.2, 0.25) is 5.02 Å². The normalized spacial score (nSPS) is 10.6. The molecule has 0 saturated carbocycles. The lowest BCUT2D eigenvalue weighted by Gasteiger charge is -2.08. The number of benzene rings is 2. The molecule has 2 N–H and O–H groups in total. The Hall–Kier alpha value is -3.12. The summed E-state index contributed by atoms with van der Waals surface area (Å²) < 4.78 is 1.94. The largest absolute Gasteiger partial charge is 0.350 e. The second-order valence-corrected chi connectivity index (χ2v) is 7.20. The lowest BCUT2D eigenvalue weighted by atomic mass is 10.2. The van der Waals surface area contributed by atoms with E-state index in [1.807, 2.05) is 36.7 Å². The third-order valence-corrected chi connectivity index (χ3v) is 4.94. The maximum absolute atomic E-state index is 12.2.